The van der Waals surface area contributed by atoms with Gasteiger partial charge in [-0.2, -0.15) is 0 Å². The van der Waals surface area contributed by atoms with Crippen LogP contribution in [0.4, 0.5) is 11.4 Å². The molecule has 160 valence electrons. The third-order valence-electron chi connectivity index (χ3n) is 4.52. The van der Waals surface area contributed by atoms with E-state index < -0.39 is 28.4 Å². The summed E-state index contributed by atoms with van der Waals surface area (Å²) in [6.07, 6.45) is 0. The lowest BCUT2D eigenvalue weighted by Crippen LogP contribution is -2.38. The molecule has 2 amide bonds. The third-order valence-corrected chi connectivity index (χ3v) is 6.53. The first-order valence-electron chi connectivity index (χ1n) is 9.23. The van der Waals surface area contributed by atoms with Crippen LogP contribution in [0, 0.1) is 6.92 Å². The maximum Gasteiger partial charge on any atom is 0.264 e. The molecule has 0 aliphatic carbocycles. The van der Waals surface area contributed by atoms with Crippen molar-refractivity contribution in [2.45, 2.75) is 11.8 Å². The van der Waals surface area contributed by atoms with Crippen molar-refractivity contribution in [2.75, 3.05) is 16.2 Å². The van der Waals surface area contributed by atoms with E-state index in [0.29, 0.717) is 10.6 Å². The molecule has 0 radical (unpaired) electrons. The Kier molecular flexibility index (Phi) is 6.62. The third kappa shape index (κ3) is 5.04. The fourth-order valence-electron chi connectivity index (χ4n) is 3.00. The van der Waals surface area contributed by atoms with Gasteiger partial charge in [0.1, 0.15) is 6.54 Å². The Morgan fingerprint density at radius 3 is 2.32 bits per heavy atom. The van der Waals surface area contributed by atoms with Crippen molar-refractivity contribution in [3.63, 3.8) is 0 Å². The molecule has 0 aliphatic rings. The minimum Gasteiger partial charge on any atom is -0.366 e. The number of benzene rings is 3. The second-order valence-corrected chi connectivity index (χ2v) is 9.01. The monoisotopic (exact) mass is 457 g/mol. The van der Waals surface area contributed by atoms with Gasteiger partial charge in [0, 0.05) is 5.02 Å². The lowest BCUT2D eigenvalue weighted by Gasteiger charge is -2.26. The Balaban J connectivity index is 2.01. The molecule has 3 aromatic carbocycles. The summed E-state index contributed by atoms with van der Waals surface area (Å²) in [7, 11) is -4.08. The highest BCUT2D eigenvalue weighted by Gasteiger charge is 2.28. The summed E-state index contributed by atoms with van der Waals surface area (Å²) in [5, 5.41) is 2.90. The minimum atomic E-state index is -4.08. The van der Waals surface area contributed by atoms with Crippen molar-refractivity contribution in [3.05, 3.63) is 88.9 Å². The van der Waals surface area contributed by atoms with E-state index in [-0.39, 0.29) is 21.8 Å². The van der Waals surface area contributed by atoms with Gasteiger partial charge in [-0.1, -0.05) is 48.0 Å². The Bertz CT molecular complexity index is 1230. The van der Waals surface area contributed by atoms with E-state index >= 15 is 0 Å². The summed E-state index contributed by atoms with van der Waals surface area (Å²) in [4.78, 5) is 24.5. The van der Waals surface area contributed by atoms with E-state index in [2.05, 4.69) is 5.32 Å². The Morgan fingerprint density at radius 2 is 1.65 bits per heavy atom. The van der Waals surface area contributed by atoms with E-state index in [1.807, 2.05) is 0 Å². The number of amides is 2. The molecule has 0 unspecified atom stereocenters. The quantitative estimate of drug-likeness (QED) is 0.565. The molecule has 9 heteroatoms. The molecule has 0 aliphatic heterocycles. The van der Waals surface area contributed by atoms with Crippen LogP contribution in [0.25, 0.3) is 0 Å². The molecule has 0 fully saturated rings. The average Bonchev–Trinajstić information content (AvgIpc) is 2.74. The van der Waals surface area contributed by atoms with Gasteiger partial charge in [0.15, 0.2) is 0 Å². The van der Waals surface area contributed by atoms with Crippen molar-refractivity contribution in [2.24, 2.45) is 5.73 Å². The molecule has 31 heavy (non-hydrogen) atoms. The van der Waals surface area contributed by atoms with Crippen LogP contribution in [0.3, 0.4) is 0 Å². The summed E-state index contributed by atoms with van der Waals surface area (Å²) in [5.41, 5.74) is 6.56. The number of para-hydroxylation sites is 1. The number of nitrogens with two attached hydrogens (primary N) is 1. The number of rotatable bonds is 7. The first kappa shape index (κ1) is 22.3. The molecule has 7 nitrogen and oxygen atoms in total. The number of aryl methyl sites for hydroxylation is 1. The Labute approximate surface area is 185 Å². The van der Waals surface area contributed by atoms with Gasteiger partial charge in [0.2, 0.25) is 5.91 Å². The van der Waals surface area contributed by atoms with Crippen LogP contribution >= 0.6 is 11.6 Å². The van der Waals surface area contributed by atoms with Gasteiger partial charge in [-0.25, -0.2) is 8.42 Å². The molecule has 3 N–H and O–H groups in total. The molecule has 0 saturated heterocycles. The summed E-state index contributed by atoms with van der Waals surface area (Å²) in [5.74, 6) is -1.36. The van der Waals surface area contributed by atoms with Crippen LogP contribution in [-0.4, -0.2) is 26.8 Å². The van der Waals surface area contributed by atoms with E-state index in [0.717, 1.165) is 4.31 Å². The lowest BCUT2D eigenvalue weighted by molar-refractivity contribution is -0.114. The smallest absolute Gasteiger partial charge is 0.264 e. The zero-order valence-electron chi connectivity index (χ0n) is 16.6. The molecule has 0 saturated carbocycles. The van der Waals surface area contributed by atoms with Crippen molar-refractivity contribution < 1.29 is 18.0 Å². The van der Waals surface area contributed by atoms with E-state index in [9.17, 15) is 18.0 Å². The second kappa shape index (κ2) is 9.20. The maximum atomic E-state index is 13.4. The van der Waals surface area contributed by atoms with Gasteiger partial charge in [-0.15, -0.1) is 0 Å². The van der Waals surface area contributed by atoms with Crippen LogP contribution in [0.2, 0.25) is 5.02 Å². The Hall–Kier alpha value is -3.36. The van der Waals surface area contributed by atoms with E-state index in [4.69, 9.17) is 17.3 Å². The fraction of sp³-hybridized carbons (Fsp3) is 0.0909. The standard InChI is InChI=1S/C22H20ClN3O4S/c1-15-11-12-16(23)13-20(15)26(31(29,30)17-7-3-2-4-8-17)14-21(27)25-19-10-6-5-9-18(19)22(24)28/h2-13H,14H2,1H3,(H2,24,28)(H,25,27). The summed E-state index contributed by atoms with van der Waals surface area (Å²) >= 11 is 6.11. The largest absolute Gasteiger partial charge is 0.366 e. The summed E-state index contributed by atoms with van der Waals surface area (Å²) in [6.45, 7) is 1.19. The van der Waals surface area contributed by atoms with Crippen LogP contribution in [0.1, 0.15) is 15.9 Å². The first-order chi connectivity index (χ1) is 14.7. The highest BCUT2D eigenvalue weighted by atomic mass is 35.5. The van der Waals surface area contributed by atoms with Gasteiger partial charge in [-0.3, -0.25) is 13.9 Å². The number of sulfonamides is 1. The molecule has 0 aromatic heterocycles. The van der Waals surface area contributed by atoms with Crippen molar-refractivity contribution in [1.82, 2.24) is 0 Å². The minimum absolute atomic E-state index is 0.0275. The fourth-order valence-corrected chi connectivity index (χ4v) is 4.66. The Morgan fingerprint density at radius 1 is 1.00 bits per heavy atom. The molecule has 0 atom stereocenters. The number of carbonyl (C=O) groups excluding carboxylic acids is 2. The average molecular weight is 458 g/mol. The number of hydrogen-bond donors (Lipinski definition) is 2. The summed E-state index contributed by atoms with van der Waals surface area (Å²) in [6, 6.07) is 18.8. The van der Waals surface area contributed by atoms with Gasteiger partial charge in [0.25, 0.3) is 15.9 Å². The molecule has 0 bridgehead atoms. The van der Waals surface area contributed by atoms with Crippen molar-refractivity contribution in [3.8, 4) is 0 Å². The van der Waals surface area contributed by atoms with Gasteiger partial charge in [0.05, 0.1) is 21.8 Å². The number of anilines is 2. The van der Waals surface area contributed by atoms with E-state index in [1.54, 1.807) is 49.4 Å². The zero-order valence-corrected chi connectivity index (χ0v) is 18.2. The predicted molar refractivity (Wildman–Crippen MR) is 121 cm³/mol. The maximum absolute atomic E-state index is 13.4. The van der Waals surface area contributed by atoms with Crippen LogP contribution < -0.4 is 15.4 Å². The van der Waals surface area contributed by atoms with Crippen molar-refractivity contribution >= 4 is 44.8 Å². The van der Waals surface area contributed by atoms with Crippen LogP contribution in [-0.2, 0) is 14.8 Å². The molecular formula is C22H20ClN3O4S. The second-order valence-electron chi connectivity index (χ2n) is 6.71. The molecule has 3 rings (SSSR count). The van der Waals surface area contributed by atoms with Gasteiger partial charge >= 0.3 is 0 Å². The molecule has 3 aromatic rings. The number of nitrogens with zero attached hydrogens (tertiary/aromatic N) is 1. The topological polar surface area (TPSA) is 110 Å². The van der Waals surface area contributed by atoms with E-state index in [1.165, 1.54) is 30.3 Å². The van der Waals surface area contributed by atoms with Crippen LogP contribution in [0.5, 0.6) is 0 Å². The number of halogens is 1. The number of nitrogens with one attached hydrogen (secondary N) is 1. The molecular weight excluding hydrogens is 438 g/mol. The predicted octanol–water partition coefficient (Wildman–Crippen LogP) is 3.58. The number of carbonyl (C=O) groups is 2. The molecule has 0 heterocycles. The molecule has 0 spiro atoms. The zero-order chi connectivity index (χ0) is 22.6. The SMILES string of the molecule is Cc1ccc(Cl)cc1N(CC(=O)Nc1ccccc1C(N)=O)S(=O)(=O)c1ccccc1. The van der Waals surface area contributed by atoms with Gasteiger partial charge in [-0.05, 0) is 48.9 Å². The normalized spacial score (nSPS) is 11.0. The number of hydrogen-bond acceptors (Lipinski definition) is 4. The highest BCUT2D eigenvalue weighted by Crippen LogP contribution is 2.29. The van der Waals surface area contributed by atoms with Gasteiger partial charge < -0.3 is 11.1 Å². The summed E-state index contributed by atoms with van der Waals surface area (Å²) < 4.78 is 27.8. The van der Waals surface area contributed by atoms with Crippen molar-refractivity contribution in [1.29, 1.82) is 0 Å². The van der Waals surface area contributed by atoms with Crippen LogP contribution in [0.15, 0.2) is 77.7 Å². The lowest BCUT2D eigenvalue weighted by atomic mass is 10.1. The highest BCUT2D eigenvalue weighted by molar-refractivity contribution is 7.92. The first-order valence-corrected chi connectivity index (χ1v) is 11.0. The number of primary amides is 1.